The summed E-state index contributed by atoms with van der Waals surface area (Å²) in [6.07, 6.45) is 2.00. The van der Waals surface area contributed by atoms with E-state index in [9.17, 15) is 4.79 Å². The van der Waals surface area contributed by atoms with Crippen LogP contribution >= 0.6 is 0 Å². The van der Waals surface area contributed by atoms with Crippen LogP contribution in [0.2, 0.25) is 0 Å². The van der Waals surface area contributed by atoms with Crippen molar-refractivity contribution in [3.63, 3.8) is 0 Å². The summed E-state index contributed by atoms with van der Waals surface area (Å²) in [7, 11) is 0. The summed E-state index contributed by atoms with van der Waals surface area (Å²) in [4.78, 5) is 10.5. The molecule has 0 amide bonds. The Kier molecular flexibility index (Phi) is 1.14. The van der Waals surface area contributed by atoms with E-state index < -0.39 is 11.2 Å². The van der Waals surface area contributed by atoms with Crippen molar-refractivity contribution in [2.75, 3.05) is 5.73 Å². The van der Waals surface area contributed by atoms with Gasteiger partial charge in [-0.1, -0.05) is 0 Å². The standard InChI is InChI=1S/C5H5NO3/c6-3-1-9-2-4(7)5(3)8/h1-2,7H,6H2. The van der Waals surface area contributed by atoms with Crippen molar-refractivity contribution >= 4 is 5.69 Å². The van der Waals surface area contributed by atoms with Gasteiger partial charge in [-0.05, 0) is 0 Å². The molecule has 0 aliphatic carbocycles. The van der Waals surface area contributed by atoms with Crippen LogP contribution < -0.4 is 11.2 Å². The highest BCUT2D eigenvalue weighted by molar-refractivity contribution is 5.37. The Hall–Kier alpha value is -1.45. The molecular formula is C5H5NO3. The van der Waals surface area contributed by atoms with E-state index in [1.807, 2.05) is 0 Å². The number of rotatable bonds is 0. The molecule has 1 aromatic heterocycles. The van der Waals surface area contributed by atoms with E-state index in [1.165, 1.54) is 0 Å². The van der Waals surface area contributed by atoms with Gasteiger partial charge in [-0.3, -0.25) is 4.79 Å². The van der Waals surface area contributed by atoms with Crippen LogP contribution in [0.15, 0.2) is 21.7 Å². The molecule has 0 aliphatic heterocycles. The fourth-order valence-corrected chi connectivity index (χ4v) is 0.427. The van der Waals surface area contributed by atoms with Crippen molar-refractivity contribution in [1.82, 2.24) is 0 Å². The molecule has 0 saturated heterocycles. The average molecular weight is 127 g/mol. The molecule has 4 heteroatoms. The SMILES string of the molecule is Nc1cocc(O)c1=O. The van der Waals surface area contributed by atoms with Crippen LogP contribution in [0.1, 0.15) is 0 Å². The lowest BCUT2D eigenvalue weighted by molar-refractivity contribution is 0.431. The highest BCUT2D eigenvalue weighted by Gasteiger charge is 1.98. The number of nitrogens with two attached hydrogens (primary N) is 1. The van der Waals surface area contributed by atoms with Gasteiger partial charge in [0.2, 0.25) is 11.2 Å². The molecule has 3 N–H and O–H groups in total. The van der Waals surface area contributed by atoms with Crippen LogP contribution in [0.5, 0.6) is 5.75 Å². The number of hydrogen-bond acceptors (Lipinski definition) is 4. The molecule has 1 heterocycles. The lowest BCUT2D eigenvalue weighted by Gasteiger charge is -1.89. The summed E-state index contributed by atoms with van der Waals surface area (Å²) in [6.45, 7) is 0. The first-order valence-electron chi connectivity index (χ1n) is 2.27. The fourth-order valence-electron chi connectivity index (χ4n) is 0.427. The second kappa shape index (κ2) is 1.81. The lowest BCUT2D eigenvalue weighted by atomic mass is 10.4. The summed E-state index contributed by atoms with van der Waals surface area (Å²) in [5.74, 6) is -0.463. The van der Waals surface area contributed by atoms with E-state index in [4.69, 9.17) is 10.8 Å². The molecule has 0 saturated carbocycles. The van der Waals surface area contributed by atoms with Crippen LogP contribution in [0.3, 0.4) is 0 Å². The zero-order chi connectivity index (χ0) is 6.85. The predicted octanol–water partition coefficient (Wildman–Crippen LogP) is -0.0724. The maximum atomic E-state index is 10.5. The summed E-state index contributed by atoms with van der Waals surface area (Å²) in [5.41, 5.74) is 4.37. The monoisotopic (exact) mass is 127 g/mol. The zero-order valence-electron chi connectivity index (χ0n) is 4.50. The molecular weight excluding hydrogens is 122 g/mol. The van der Waals surface area contributed by atoms with Crippen molar-refractivity contribution in [1.29, 1.82) is 0 Å². The highest BCUT2D eigenvalue weighted by Crippen LogP contribution is 2.01. The summed E-state index contributed by atoms with van der Waals surface area (Å²) < 4.78 is 4.44. The van der Waals surface area contributed by atoms with Gasteiger partial charge in [-0.25, -0.2) is 0 Å². The Morgan fingerprint density at radius 3 is 2.67 bits per heavy atom. The van der Waals surface area contributed by atoms with Gasteiger partial charge in [0, 0.05) is 0 Å². The minimum Gasteiger partial charge on any atom is -0.502 e. The molecule has 9 heavy (non-hydrogen) atoms. The van der Waals surface area contributed by atoms with E-state index in [2.05, 4.69) is 4.42 Å². The van der Waals surface area contributed by atoms with E-state index in [1.54, 1.807) is 0 Å². The van der Waals surface area contributed by atoms with Crippen LogP contribution in [-0.4, -0.2) is 5.11 Å². The third-order valence-corrected chi connectivity index (χ3v) is 0.870. The molecule has 0 fully saturated rings. The minimum atomic E-state index is -0.596. The normalized spacial score (nSPS) is 9.33. The molecule has 0 aliphatic rings. The zero-order valence-corrected chi connectivity index (χ0v) is 4.50. The summed E-state index contributed by atoms with van der Waals surface area (Å²) >= 11 is 0. The molecule has 48 valence electrons. The van der Waals surface area contributed by atoms with Crippen LogP contribution in [0.25, 0.3) is 0 Å². The number of anilines is 1. The van der Waals surface area contributed by atoms with Gasteiger partial charge in [0.25, 0.3) is 0 Å². The maximum Gasteiger partial charge on any atom is 0.249 e. The predicted molar refractivity (Wildman–Crippen MR) is 31.1 cm³/mol. The van der Waals surface area contributed by atoms with E-state index >= 15 is 0 Å². The summed E-state index contributed by atoms with van der Waals surface area (Å²) in [5, 5.41) is 8.61. The van der Waals surface area contributed by atoms with E-state index in [0.29, 0.717) is 0 Å². The van der Waals surface area contributed by atoms with Crippen molar-refractivity contribution < 1.29 is 9.52 Å². The molecule has 0 bridgehead atoms. The fraction of sp³-hybridized carbons (Fsp3) is 0. The number of aromatic hydroxyl groups is 1. The van der Waals surface area contributed by atoms with Gasteiger partial charge in [-0.2, -0.15) is 0 Å². The van der Waals surface area contributed by atoms with Crippen LogP contribution in [0.4, 0.5) is 5.69 Å². The van der Waals surface area contributed by atoms with Crippen molar-refractivity contribution in [3.8, 4) is 5.75 Å². The second-order valence-corrected chi connectivity index (χ2v) is 1.54. The van der Waals surface area contributed by atoms with Crippen molar-refractivity contribution in [2.24, 2.45) is 0 Å². The average Bonchev–Trinajstić information content (AvgIpc) is 1.83. The smallest absolute Gasteiger partial charge is 0.249 e. The van der Waals surface area contributed by atoms with E-state index in [-0.39, 0.29) is 5.69 Å². The van der Waals surface area contributed by atoms with Gasteiger partial charge in [0.05, 0.1) is 0 Å². The third-order valence-electron chi connectivity index (χ3n) is 0.870. The molecule has 0 unspecified atom stereocenters. The van der Waals surface area contributed by atoms with Crippen molar-refractivity contribution in [2.45, 2.75) is 0 Å². The number of hydrogen-bond donors (Lipinski definition) is 2. The second-order valence-electron chi connectivity index (χ2n) is 1.54. The Morgan fingerprint density at radius 1 is 1.56 bits per heavy atom. The van der Waals surface area contributed by atoms with Gasteiger partial charge >= 0.3 is 0 Å². The Balaban J connectivity index is 3.43. The molecule has 0 aromatic carbocycles. The van der Waals surface area contributed by atoms with Gasteiger partial charge < -0.3 is 15.3 Å². The first-order chi connectivity index (χ1) is 4.22. The third kappa shape index (κ3) is 0.861. The molecule has 0 radical (unpaired) electrons. The molecule has 4 nitrogen and oxygen atoms in total. The lowest BCUT2D eigenvalue weighted by Crippen LogP contribution is -2.05. The van der Waals surface area contributed by atoms with Gasteiger partial charge in [0.1, 0.15) is 18.2 Å². The minimum absolute atomic E-state index is 0.0880. The van der Waals surface area contributed by atoms with Crippen LogP contribution in [0, 0.1) is 0 Å². The van der Waals surface area contributed by atoms with Crippen molar-refractivity contribution in [3.05, 3.63) is 22.7 Å². The molecule has 1 aromatic rings. The Bertz CT molecular complexity index is 242. The highest BCUT2D eigenvalue weighted by atomic mass is 16.3. The van der Waals surface area contributed by atoms with E-state index in [0.717, 1.165) is 12.5 Å². The molecule has 0 spiro atoms. The molecule has 1 rings (SSSR count). The first-order valence-corrected chi connectivity index (χ1v) is 2.27. The van der Waals surface area contributed by atoms with Gasteiger partial charge in [-0.15, -0.1) is 0 Å². The summed E-state index contributed by atoms with van der Waals surface area (Å²) in [6, 6.07) is 0. The first kappa shape index (κ1) is 5.68. The number of nitrogen functional groups attached to an aromatic ring is 1. The Labute approximate surface area is 50.5 Å². The largest absolute Gasteiger partial charge is 0.502 e. The topological polar surface area (TPSA) is 76.5 Å². The maximum absolute atomic E-state index is 10.5. The van der Waals surface area contributed by atoms with Crippen LogP contribution in [-0.2, 0) is 0 Å². The molecule has 0 atom stereocenters. The Morgan fingerprint density at radius 2 is 2.22 bits per heavy atom. The quantitative estimate of drug-likeness (QED) is 0.511. The van der Waals surface area contributed by atoms with Gasteiger partial charge in [0.15, 0.2) is 0 Å².